The third-order valence-electron chi connectivity index (χ3n) is 3.67. The fraction of sp³-hybridized carbons (Fsp3) is 0.700. The van der Waals surface area contributed by atoms with E-state index in [0.29, 0.717) is 6.42 Å². The van der Waals surface area contributed by atoms with E-state index < -0.39 is 45.3 Å². The van der Waals surface area contributed by atoms with Crippen LogP contribution in [0.4, 0.5) is 0 Å². The lowest BCUT2D eigenvalue weighted by Gasteiger charge is -2.30. The second kappa shape index (κ2) is 3.09. The lowest BCUT2D eigenvalue weighted by Crippen LogP contribution is -2.50. The van der Waals surface area contributed by atoms with Crippen LogP contribution in [0, 0.1) is 0 Å². The molecular formula is C10H12O6S. The van der Waals surface area contributed by atoms with Crippen molar-refractivity contribution in [2.24, 2.45) is 0 Å². The molecule has 0 aromatic carbocycles. The van der Waals surface area contributed by atoms with Gasteiger partial charge in [0.1, 0.15) is 11.4 Å². The molecule has 0 radical (unpaired) electrons. The SMILES string of the molecule is C=CC(=O)OC1C2CC3C(O2)C1(C)OS3(=O)=O. The monoisotopic (exact) mass is 260 g/mol. The van der Waals surface area contributed by atoms with E-state index in [0.717, 1.165) is 6.08 Å². The highest BCUT2D eigenvalue weighted by molar-refractivity contribution is 7.87. The molecule has 2 bridgehead atoms. The quantitative estimate of drug-likeness (QED) is 0.387. The highest BCUT2D eigenvalue weighted by atomic mass is 32.2. The predicted molar refractivity (Wildman–Crippen MR) is 55.6 cm³/mol. The number of hydrogen-bond donors (Lipinski definition) is 0. The number of rotatable bonds is 2. The molecule has 0 spiro atoms. The van der Waals surface area contributed by atoms with Gasteiger partial charge in [0.25, 0.3) is 10.1 Å². The van der Waals surface area contributed by atoms with E-state index >= 15 is 0 Å². The van der Waals surface area contributed by atoms with E-state index in [9.17, 15) is 13.2 Å². The van der Waals surface area contributed by atoms with Crippen molar-refractivity contribution in [3.05, 3.63) is 12.7 Å². The number of ether oxygens (including phenoxy) is 2. The van der Waals surface area contributed by atoms with Crippen molar-refractivity contribution in [1.29, 1.82) is 0 Å². The maximum atomic E-state index is 11.7. The summed E-state index contributed by atoms with van der Waals surface area (Å²) >= 11 is 0. The molecule has 0 saturated carbocycles. The molecule has 0 aliphatic carbocycles. The molecule has 17 heavy (non-hydrogen) atoms. The molecule has 3 rings (SSSR count). The van der Waals surface area contributed by atoms with Gasteiger partial charge in [0.05, 0.1) is 6.10 Å². The van der Waals surface area contributed by atoms with Crippen molar-refractivity contribution in [3.63, 3.8) is 0 Å². The first kappa shape index (κ1) is 11.2. The van der Waals surface area contributed by atoms with Gasteiger partial charge in [0.2, 0.25) is 0 Å². The van der Waals surface area contributed by atoms with Crippen LogP contribution in [0.15, 0.2) is 12.7 Å². The van der Waals surface area contributed by atoms with Gasteiger partial charge in [0.15, 0.2) is 11.7 Å². The molecule has 3 aliphatic rings. The van der Waals surface area contributed by atoms with Gasteiger partial charge in [-0.2, -0.15) is 8.42 Å². The summed E-state index contributed by atoms with van der Waals surface area (Å²) in [6, 6.07) is 0. The van der Waals surface area contributed by atoms with Crippen molar-refractivity contribution in [2.45, 2.75) is 42.5 Å². The largest absolute Gasteiger partial charge is 0.453 e. The third kappa shape index (κ3) is 1.27. The summed E-state index contributed by atoms with van der Waals surface area (Å²) < 4.78 is 39.2. The van der Waals surface area contributed by atoms with Crippen molar-refractivity contribution >= 4 is 16.1 Å². The Balaban J connectivity index is 1.96. The number of carbonyl (C=O) groups excluding carboxylic acids is 1. The first-order valence-electron chi connectivity index (χ1n) is 5.31. The van der Waals surface area contributed by atoms with Crippen molar-refractivity contribution in [1.82, 2.24) is 0 Å². The number of esters is 1. The number of hydrogen-bond acceptors (Lipinski definition) is 6. The molecule has 0 aromatic heterocycles. The maximum Gasteiger partial charge on any atom is 0.330 e. The lowest BCUT2D eigenvalue weighted by molar-refractivity contribution is -0.153. The van der Waals surface area contributed by atoms with Crippen LogP contribution in [0.5, 0.6) is 0 Å². The molecule has 5 atom stereocenters. The van der Waals surface area contributed by atoms with E-state index in [-0.39, 0.29) is 0 Å². The van der Waals surface area contributed by atoms with Crippen LogP contribution in [0.25, 0.3) is 0 Å². The van der Waals surface area contributed by atoms with Gasteiger partial charge >= 0.3 is 5.97 Å². The minimum Gasteiger partial charge on any atom is -0.453 e. The molecule has 0 aromatic rings. The van der Waals surface area contributed by atoms with Gasteiger partial charge < -0.3 is 9.47 Å². The molecule has 0 N–H and O–H groups in total. The highest BCUT2D eigenvalue weighted by Gasteiger charge is 2.73. The molecule has 7 heteroatoms. The van der Waals surface area contributed by atoms with Crippen molar-refractivity contribution in [3.8, 4) is 0 Å². The van der Waals surface area contributed by atoms with E-state index in [2.05, 4.69) is 6.58 Å². The summed E-state index contributed by atoms with van der Waals surface area (Å²) in [4.78, 5) is 11.2. The molecule has 3 fully saturated rings. The zero-order valence-electron chi connectivity index (χ0n) is 9.16. The Morgan fingerprint density at radius 2 is 2.29 bits per heavy atom. The molecule has 94 valence electrons. The van der Waals surface area contributed by atoms with Gasteiger partial charge in [0, 0.05) is 6.08 Å². The van der Waals surface area contributed by atoms with Gasteiger partial charge in [-0.05, 0) is 13.3 Å². The van der Waals surface area contributed by atoms with Gasteiger partial charge in [-0.25, -0.2) is 4.79 Å². The van der Waals surface area contributed by atoms with Crippen LogP contribution in [0.3, 0.4) is 0 Å². The van der Waals surface area contributed by atoms with E-state index in [4.69, 9.17) is 13.7 Å². The van der Waals surface area contributed by atoms with Crippen LogP contribution in [-0.4, -0.2) is 43.5 Å². The molecular weight excluding hydrogens is 248 g/mol. The van der Waals surface area contributed by atoms with Gasteiger partial charge in [-0.1, -0.05) is 6.58 Å². The van der Waals surface area contributed by atoms with Crippen LogP contribution in [-0.2, 0) is 28.6 Å². The smallest absolute Gasteiger partial charge is 0.330 e. The van der Waals surface area contributed by atoms with Crippen LogP contribution in [0.2, 0.25) is 0 Å². The molecule has 3 saturated heterocycles. The summed E-state index contributed by atoms with van der Waals surface area (Å²) in [6.07, 6.45) is -0.281. The Morgan fingerprint density at radius 3 is 2.94 bits per heavy atom. The molecule has 0 amide bonds. The molecule has 6 nitrogen and oxygen atoms in total. The predicted octanol–water partition coefficient (Wildman–Crippen LogP) is -0.257. The lowest BCUT2D eigenvalue weighted by atomic mass is 9.83. The average Bonchev–Trinajstić information content (AvgIpc) is 2.80. The summed E-state index contributed by atoms with van der Waals surface area (Å²) in [5, 5.41) is -0.629. The molecule has 5 unspecified atom stereocenters. The van der Waals surface area contributed by atoms with Crippen LogP contribution >= 0.6 is 0 Å². The normalized spacial score (nSPS) is 49.2. The fourth-order valence-corrected chi connectivity index (χ4v) is 4.83. The highest BCUT2D eigenvalue weighted by Crippen LogP contribution is 2.54. The first-order valence-corrected chi connectivity index (χ1v) is 6.78. The Hall–Kier alpha value is -0.920. The van der Waals surface area contributed by atoms with E-state index in [1.54, 1.807) is 6.92 Å². The second-order valence-electron chi connectivity index (χ2n) is 4.69. The topological polar surface area (TPSA) is 78.9 Å². The molecule has 3 heterocycles. The molecule has 3 aliphatic heterocycles. The van der Waals surface area contributed by atoms with E-state index in [1.807, 2.05) is 0 Å². The summed E-state index contributed by atoms with van der Waals surface area (Å²) in [6.45, 7) is 4.91. The second-order valence-corrected chi connectivity index (χ2v) is 6.45. The number of carbonyl (C=O) groups is 1. The van der Waals surface area contributed by atoms with Crippen molar-refractivity contribution in [2.75, 3.05) is 0 Å². The Morgan fingerprint density at radius 1 is 1.59 bits per heavy atom. The zero-order valence-corrected chi connectivity index (χ0v) is 9.98. The first-order chi connectivity index (χ1) is 7.88. The minimum absolute atomic E-state index is 0.317. The average molecular weight is 260 g/mol. The fourth-order valence-electron chi connectivity index (χ4n) is 2.96. The minimum atomic E-state index is -3.61. The van der Waals surface area contributed by atoms with Crippen LogP contribution in [0.1, 0.15) is 13.3 Å². The van der Waals surface area contributed by atoms with Crippen LogP contribution < -0.4 is 0 Å². The summed E-state index contributed by atoms with van der Waals surface area (Å²) in [5.74, 6) is -0.600. The zero-order chi connectivity index (χ0) is 12.4. The summed E-state index contributed by atoms with van der Waals surface area (Å²) in [5.41, 5.74) is -1.09. The third-order valence-corrected chi connectivity index (χ3v) is 5.44. The number of fused-ring (bicyclic) bond motifs is 1. The Labute approximate surface area is 98.7 Å². The van der Waals surface area contributed by atoms with Gasteiger partial charge in [-0.15, -0.1) is 0 Å². The standard InChI is InChI=1S/C10H12O6S/c1-3-7(11)15-8-5-4-6-9(14-5)10(8,2)16-17(6,12)13/h3,5-6,8-9H,1,4H2,2H3. The summed E-state index contributed by atoms with van der Waals surface area (Å²) in [7, 11) is -3.61. The van der Waals surface area contributed by atoms with E-state index in [1.165, 1.54) is 0 Å². The maximum absolute atomic E-state index is 11.7. The Bertz CT molecular complexity index is 497. The Kier molecular flexibility index (Phi) is 2.04. The van der Waals surface area contributed by atoms with Crippen molar-refractivity contribution < 1.29 is 26.9 Å². The van der Waals surface area contributed by atoms with Gasteiger partial charge in [-0.3, -0.25) is 4.18 Å².